The van der Waals surface area contributed by atoms with Crippen molar-refractivity contribution in [1.82, 2.24) is 10.2 Å². The highest BCUT2D eigenvalue weighted by Gasteiger charge is 2.33. The first-order valence-electron chi connectivity index (χ1n) is 14.5. The topological polar surface area (TPSA) is 95.9 Å². The Morgan fingerprint density at radius 3 is 2.27 bits per heavy atom. The number of carbonyl (C=O) groups excluding carboxylic acids is 3. The van der Waals surface area contributed by atoms with Gasteiger partial charge in [0.1, 0.15) is 6.61 Å². The Morgan fingerprint density at radius 2 is 1.63 bits per heavy atom. The molecule has 0 saturated carbocycles. The predicted octanol–water partition coefficient (Wildman–Crippen LogP) is 4.63. The van der Waals surface area contributed by atoms with Gasteiger partial charge in [0.2, 0.25) is 11.8 Å². The van der Waals surface area contributed by atoms with E-state index in [1.54, 1.807) is 17.1 Å². The fraction of sp³-hybridized carbons (Fsp3) is 0.441. The molecule has 0 bridgehead atoms. The summed E-state index contributed by atoms with van der Waals surface area (Å²) >= 11 is 0. The first kappa shape index (κ1) is 31.8. The average Bonchev–Trinajstić information content (AvgIpc) is 2.98. The van der Waals surface area contributed by atoms with Crippen molar-refractivity contribution in [3.05, 3.63) is 96.6 Å². The molecule has 7 heteroatoms. The maximum Gasteiger partial charge on any atom is 0.309 e. The van der Waals surface area contributed by atoms with Crippen molar-refractivity contribution in [2.45, 2.75) is 64.6 Å². The molecule has 7 nitrogen and oxygen atoms in total. The highest BCUT2D eigenvalue weighted by atomic mass is 16.5. The van der Waals surface area contributed by atoms with Gasteiger partial charge in [0.25, 0.3) is 0 Å². The molecule has 41 heavy (non-hydrogen) atoms. The van der Waals surface area contributed by atoms with Crippen LogP contribution in [-0.4, -0.2) is 53.1 Å². The van der Waals surface area contributed by atoms with Crippen LogP contribution in [0.1, 0.15) is 49.8 Å². The summed E-state index contributed by atoms with van der Waals surface area (Å²) in [5.74, 6) is -1.78. The highest BCUT2D eigenvalue weighted by molar-refractivity contribution is 5.86. The molecule has 2 N–H and O–H groups in total. The van der Waals surface area contributed by atoms with Gasteiger partial charge in [-0.25, -0.2) is 0 Å². The highest BCUT2D eigenvalue weighted by Crippen LogP contribution is 2.25. The second-order valence-corrected chi connectivity index (χ2v) is 11.2. The molecule has 220 valence electrons. The number of nitrogens with one attached hydrogen (secondary N) is 1. The monoisotopic (exact) mass is 560 g/mol. The van der Waals surface area contributed by atoms with E-state index in [1.165, 1.54) is 0 Å². The van der Waals surface area contributed by atoms with Gasteiger partial charge in [0, 0.05) is 13.0 Å². The van der Waals surface area contributed by atoms with E-state index in [2.05, 4.69) is 18.5 Å². The van der Waals surface area contributed by atoms with E-state index in [0.29, 0.717) is 32.2 Å². The Balaban J connectivity index is 1.62. The van der Waals surface area contributed by atoms with Crippen molar-refractivity contribution in [2.75, 3.05) is 13.2 Å². The van der Waals surface area contributed by atoms with Gasteiger partial charge in [-0.05, 0) is 48.3 Å². The summed E-state index contributed by atoms with van der Waals surface area (Å²) < 4.78 is 5.71. The Kier molecular flexibility index (Phi) is 12.3. The Labute approximate surface area is 244 Å². The van der Waals surface area contributed by atoms with Crippen molar-refractivity contribution in [3.63, 3.8) is 0 Å². The molecule has 2 aromatic carbocycles. The number of hydrogen-bond donors (Lipinski definition) is 2. The number of rotatable bonds is 15. The van der Waals surface area contributed by atoms with Crippen molar-refractivity contribution in [1.29, 1.82) is 0 Å². The van der Waals surface area contributed by atoms with E-state index < -0.39 is 12.0 Å². The lowest BCUT2D eigenvalue weighted by molar-refractivity contribution is -0.150. The molecule has 0 fully saturated rings. The molecule has 2 amide bonds. The normalized spacial score (nSPS) is 16.7. The van der Waals surface area contributed by atoms with Crippen LogP contribution in [0.4, 0.5) is 0 Å². The molecule has 0 radical (unpaired) electrons. The van der Waals surface area contributed by atoms with Crippen LogP contribution >= 0.6 is 0 Å². The molecule has 0 unspecified atom stereocenters. The van der Waals surface area contributed by atoms with Crippen molar-refractivity contribution < 1.29 is 24.2 Å². The lowest BCUT2D eigenvalue weighted by atomic mass is 9.92. The third-order valence-electron chi connectivity index (χ3n) is 7.78. The molecule has 0 aliphatic carbocycles. The average molecular weight is 561 g/mol. The summed E-state index contributed by atoms with van der Waals surface area (Å²) in [4.78, 5) is 41.5. The molecule has 0 spiro atoms. The first-order valence-corrected chi connectivity index (χ1v) is 14.5. The maximum absolute atomic E-state index is 13.4. The van der Waals surface area contributed by atoms with Crippen LogP contribution in [0.3, 0.4) is 0 Å². The number of amides is 2. The zero-order valence-corrected chi connectivity index (χ0v) is 24.3. The van der Waals surface area contributed by atoms with Crippen LogP contribution in [0.15, 0.2) is 79.9 Å². The standard InChI is InChI=1S/C34H44N2O5/c1-5-12-27(20-32(38)36-21-29-17-11-10-16-26(29)19-30(36)22-37)33(39)35-31(24(3)4)23-41-34(40)28(13-6-2)18-25-14-8-7-9-15-25/h5-11,14-17,24,27-28,30-31,37H,1-2,12-13,18-23H2,3-4H3,(H,35,39)/t27-,28+,30-,31+/m0/s1. The molecule has 1 aliphatic rings. The van der Waals surface area contributed by atoms with Crippen LogP contribution in [0, 0.1) is 17.8 Å². The van der Waals surface area contributed by atoms with E-state index in [9.17, 15) is 19.5 Å². The minimum Gasteiger partial charge on any atom is -0.463 e. The quantitative estimate of drug-likeness (QED) is 0.245. The van der Waals surface area contributed by atoms with Gasteiger partial charge in [-0.15, -0.1) is 13.2 Å². The van der Waals surface area contributed by atoms with E-state index in [4.69, 9.17) is 4.74 Å². The van der Waals surface area contributed by atoms with Crippen LogP contribution < -0.4 is 5.32 Å². The predicted molar refractivity (Wildman–Crippen MR) is 161 cm³/mol. The second-order valence-electron chi connectivity index (χ2n) is 11.2. The lowest BCUT2D eigenvalue weighted by Crippen LogP contribution is -2.49. The molecule has 4 atom stereocenters. The van der Waals surface area contributed by atoms with Crippen LogP contribution in [0.25, 0.3) is 0 Å². The van der Waals surface area contributed by atoms with Crippen LogP contribution in [-0.2, 0) is 38.5 Å². The molecule has 0 aromatic heterocycles. The third-order valence-corrected chi connectivity index (χ3v) is 7.78. The van der Waals surface area contributed by atoms with Gasteiger partial charge in [0.05, 0.1) is 30.5 Å². The van der Waals surface area contributed by atoms with Crippen molar-refractivity contribution >= 4 is 17.8 Å². The Morgan fingerprint density at radius 1 is 1.00 bits per heavy atom. The summed E-state index contributed by atoms with van der Waals surface area (Å²) in [7, 11) is 0. The number of ether oxygens (including phenoxy) is 1. The number of benzene rings is 2. The van der Waals surface area contributed by atoms with Gasteiger partial charge >= 0.3 is 5.97 Å². The number of allylic oxidation sites excluding steroid dienone is 2. The van der Waals surface area contributed by atoms with Crippen LogP contribution in [0.5, 0.6) is 0 Å². The zero-order chi connectivity index (χ0) is 29.8. The molecule has 0 saturated heterocycles. The summed E-state index contributed by atoms with van der Waals surface area (Å²) in [5, 5.41) is 13.0. The summed E-state index contributed by atoms with van der Waals surface area (Å²) in [5.41, 5.74) is 3.23. The summed E-state index contributed by atoms with van der Waals surface area (Å²) in [6.07, 6.45) is 5.30. The van der Waals surface area contributed by atoms with Crippen LogP contribution in [0.2, 0.25) is 0 Å². The number of hydrogen-bond acceptors (Lipinski definition) is 5. The maximum atomic E-state index is 13.4. The second kappa shape index (κ2) is 15.9. The Hall–Kier alpha value is -3.71. The number of aliphatic hydroxyl groups excluding tert-OH is 1. The molecule has 1 aliphatic heterocycles. The molecule has 2 aromatic rings. The molecular formula is C34H44N2O5. The summed E-state index contributed by atoms with van der Waals surface area (Å²) in [6.45, 7) is 11.8. The third kappa shape index (κ3) is 9.15. The largest absolute Gasteiger partial charge is 0.463 e. The van der Waals surface area contributed by atoms with Gasteiger partial charge in [-0.2, -0.15) is 0 Å². The lowest BCUT2D eigenvalue weighted by Gasteiger charge is -2.36. The minimum absolute atomic E-state index is 0.000389. The number of esters is 1. The number of carbonyl (C=O) groups is 3. The number of fused-ring (bicyclic) bond motifs is 1. The van der Waals surface area contributed by atoms with Gasteiger partial charge in [-0.3, -0.25) is 14.4 Å². The Bertz CT molecular complexity index is 1180. The molecule has 1 heterocycles. The van der Waals surface area contributed by atoms with Crippen molar-refractivity contribution in [3.8, 4) is 0 Å². The smallest absolute Gasteiger partial charge is 0.309 e. The molecular weight excluding hydrogens is 516 g/mol. The number of nitrogens with zero attached hydrogens (tertiary/aromatic N) is 1. The number of aliphatic hydroxyl groups is 1. The van der Waals surface area contributed by atoms with Crippen molar-refractivity contribution in [2.24, 2.45) is 17.8 Å². The fourth-order valence-electron chi connectivity index (χ4n) is 5.21. The molecule has 3 rings (SSSR count). The van der Waals surface area contributed by atoms with Gasteiger partial charge in [-0.1, -0.05) is 80.6 Å². The first-order chi connectivity index (χ1) is 19.8. The van der Waals surface area contributed by atoms with E-state index in [0.717, 1.165) is 16.7 Å². The minimum atomic E-state index is -0.625. The summed E-state index contributed by atoms with van der Waals surface area (Å²) in [6, 6.07) is 16.9. The zero-order valence-electron chi connectivity index (χ0n) is 24.3. The van der Waals surface area contributed by atoms with E-state index in [1.807, 2.05) is 68.4 Å². The van der Waals surface area contributed by atoms with E-state index >= 15 is 0 Å². The van der Waals surface area contributed by atoms with Gasteiger partial charge in [0.15, 0.2) is 0 Å². The SMILES string of the molecule is C=CC[C@@H](CC(=O)N1Cc2ccccc2C[C@H]1CO)C(=O)N[C@H](COC(=O)[C@H](CC=C)Cc1ccccc1)C(C)C. The van der Waals surface area contributed by atoms with E-state index in [-0.39, 0.29) is 55.3 Å². The fourth-order valence-corrected chi connectivity index (χ4v) is 5.21. The van der Waals surface area contributed by atoms with Gasteiger partial charge < -0.3 is 20.1 Å².